The normalized spacial score (nSPS) is 19.4. The topological polar surface area (TPSA) is 17.8 Å². The summed E-state index contributed by atoms with van der Waals surface area (Å²) in [7, 11) is 0. The fourth-order valence-electron chi connectivity index (χ4n) is 1.75. The first-order valence-electron chi connectivity index (χ1n) is 4.06. The van der Waals surface area contributed by atoms with Gasteiger partial charge in [0.15, 0.2) is 4.73 Å². The van der Waals surface area contributed by atoms with Crippen LogP contribution in [0.5, 0.6) is 0 Å². The van der Waals surface area contributed by atoms with E-state index in [-0.39, 0.29) is 0 Å². The SMILES string of the molecule is Brc1nccn1C1CCCC1. The second-order valence-corrected chi connectivity index (χ2v) is 3.75. The largest absolute Gasteiger partial charge is 0.323 e. The van der Waals surface area contributed by atoms with Crippen molar-refractivity contribution in [1.82, 2.24) is 9.55 Å². The summed E-state index contributed by atoms with van der Waals surface area (Å²) >= 11 is 3.43. The van der Waals surface area contributed by atoms with Crippen molar-refractivity contribution >= 4 is 15.9 Å². The number of halogens is 1. The first-order valence-corrected chi connectivity index (χ1v) is 4.85. The van der Waals surface area contributed by atoms with Gasteiger partial charge >= 0.3 is 0 Å². The van der Waals surface area contributed by atoms with Gasteiger partial charge in [-0.15, -0.1) is 0 Å². The summed E-state index contributed by atoms with van der Waals surface area (Å²) in [5, 5.41) is 0. The fraction of sp³-hybridized carbons (Fsp3) is 0.625. The second kappa shape index (κ2) is 2.97. The summed E-state index contributed by atoms with van der Waals surface area (Å²) in [6.45, 7) is 0. The molecule has 2 nitrogen and oxygen atoms in total. The van der Waals surface area contributed by atoms with Crippen molar-refractivity contribution < 1.29 is 0 Å². The molecule has 0 atom stereocenters. The molecule has 0 unspecified atom stereocenters. The van der Waals surface area contributed by atoms with Gasteiger partial charge in [-0.3, -0.25) is 0 Å². The molecule has 0 N–H and O–H groups in total. The Morgan fingerprint density at radius 3 is 2.73 bits per heavy atom. The zero-order valence-electron chi connectivity index (χ0n) is 6.33. The molecule has 60 valence electrons. The molecule has 0 bridgehead atoms. The monoisotopic (exact) mass is 214 g/mol. The molecule has 2 rings (SSSR count). The summed E-state index contributed by atoms with van der Waals surface area (Å²) in [5.41, 5.74) is 0. The van der Waals surface area contributed by atoms with Gasteiger partial charge in [-0.1, -0.05) is 12.8 Å². The number of aromatic nitrogens is 2. The molecule has 3 heteroatoms. The lowest BCUT2D eigenvalue weighted by Crippen LogP contribution is -2.02. The zero-order valence-corrected chi connectivity index (χ0v) is 7.92. The van der Waals surface area contributed by atoms with Crippen LogP contribution in [0.2, 0.25) is 0 Å². The summed E-state index contributed by atoms with van der Waals surface area (Å²) < 4.78 is 3.21. The van der Waals surface area contributed by atoms with Crippen LogP contribution in [0.3, 0.4) is 0 Å². The van der Waals surface area contributed by atoms with Gasteiger partial charge in [-0.25, -0.2) is 4.98 Å². The van der Waals surface area contributed by atoms with E-state index in [0.717, 1.165) is 4.73 Å². The molecule has 0 aliphatic heterocycles. The third-order valence-corrected chi connectivity index (χ3v) is 2.95. The molecule has 1 aliphatic carbocycles. The van der Waals surface area contributed by atoms with Crippen LogP contribution in [0.1, 0.15) is 31.7 Å². The average molecular weight is 215 g/mol. The van der Waals surface area contributed by atoms with Crippen LogP contribution < -0.4 is 0 Å². The highest BCUT2D eigenvalue weighted by molar-refractivity contribution is 9.10. The lowest BCUT2D eigenvalue weighted by molar-refractivity contribution is 0.509. The Kier molecular flexibility index (Phi) is 1.98. The zero-order chi connectivity index (χ0) is 7.68. The van der Waals surface area contributed by atoms with Gasteiger partial charge < -0.3 is 4.57 Å². The van der Waals surface area contributed by atoms with Gasteiger partial charge in [-0.05, 0) is 28.8 Å². The van der Waals surface area contributed by atoms with E-state index in [4.69, 9.17) is 0 Å². The van der Waals surface area contributed by atoms with Gasteiger partial charge in [0.25, 0.3) is 0 Å². The molecule has 1 aromatic rings. The Morgan fingerprint density at radius 2 is 2.18 bits per heavy atom. The van der Waals surface area contributed by atoms with E-state index in [1.54, 1.807) is 0 Å². The minimum Gasteiger partial charge on any atom is -0.323 e. The van der Waals surface area contributed by atoms with Gasteiger partial charge in [0, 0.05) is 18.4 Å². The Balaban J connectivity index is 2.21. The van der Waals surface area contributed by atoms with Crippen LogP contribution in [0.25, 0.3) is 0 Å². The molecule has 11 heavy (non-hydrogen) atoms. The Hall–Kier alpha value is -0.310. The number of hydrogen-bond donors (Lipinski definition) is 0. The van der Waals surface area contributed by atoms with E-state index in [1.165, 1.54) is 25.7 Å². The molecule has 1 fully saturated rings. The Labute approximate surface area is 74.8 Å². The minimum absolute atomic E-state index is 0.701. The van der Waals surface area contributed by atoms with Crippen LogP contribution in [0, 0.1) is 0 Å². The minimum atomic E-state index is 0.701. The van der Waals surface area contributed by atoms with E-state index in [2.05, 4.69) is 31.7 Å². The molecule has 0 saturated heterocycles. The fourth-order valence-corrected chi connectivity index (χ4v) is 2.28. The third kappa shape index (κ3) is 1.34. The molecule has 1 aliphatic rings. The lowest BCUT2D eigenvalue weighted by atomic mass is 10.2. The smallest absolute Gasteiger partial charge is 0.177 e. The summed E-state index contributed by atoms with van der Waals surface area (Å²) in [5.74, 6) is 0. The van der Waals surface area contributed by atoms with Crippen molar-refractivity contribution in [1.29, 1.82) is 0 Å². The highest BCUT2D eigenvalue weighted by atomic mass is 79.9. The quantitative estimate of drug-likeness (QED) is 0.704. The summed E-state index contributed by atoms with van der Waals surface area (Å²) in [4.78, 5) is 4.14. The molecule has 0 aromatic carbocycles. The van der Waals surface area contributed by atoms with Crippen molar-refractivity contribution in [2.75, 3.05) is 0 Å². The lowest BCUT2D eigenvalue weighted by Gasteiger charge is -2.11. The highest BCUT2D eigenvalue weighted by Crippen LogP contribution is 2.31. The highest BCUT2D eigenvalue weighted by Gasteiger charge is 2.17. The van der Waals surface area contributed by atoms with Gasteiger partial charge in [0.1, 0.15) is 0 Å². The third-order valence-electron chi connectivity index (χ3n) is 2.34. The number of hydrogen-bond acceptors (Lipinski definition) is 1. The number of imidazole rings is 1. The molecular weight excluding hydrogens is 204 g/mol. The molecule has 1 heterocycles. The maximum Gasteiger partial charge on any atom is 0.177 e. The van der Waals surface area contributed by atoms with Gasteiger partial charge in [0.2, 0.25) is 0 Å². The van der Waals surface area contributed by atoms with Gasteiger partial charge in [0.05, 0.1) is 0 Å². The maximum atomic E-state index is 4.14. The van der Waals surface area contributed by atoms with Gasteiger partial charge in [-0.2, -0.15) is 0 Å². The Bertz CT molecular complexity index is 238. The van der Waals surface area contributed by atoms with Crippen LogP contribution in [0.15, 0.2) is 17.1 Å². The van der Waals surface area contributed by atoms with E-state index >= 15 is 0 Å². The molecule has 0 amide bonds. The van der Waals surface area contributed by atoms with Crippen molar-refractivity contribution in [3.05, 3.63) is 17.1 Å². The van der Waals surface area contributed by atoms with Crippen molar-refractivity contribution in [3.8, 4) is 0 Å². The molecule has 0 radical (unpaired) electrons. The summed E-state index contributed by atoms with van der Waals surface area (Å²) in [6.07, 6.45) is 9.27. The molecule has 1 saturated carbocycles. The average Bonchev–Trinajstić information content (AvgIpc) is 2.55. The summed E-state index contributed by atoms with van der Waals surface area (Å²) in [6, 6.07) is 0.701. The van der Waals surface area contributed by atoms with Crippen molar-refractivity contribution in [2.45, 2.75) is 31.7 Å². The Morgan fingerprint density at radius 1 is 1.45 bits per heavy atom. The molecular formula is C8H11BrN2. The van der Waals surface area contributed by atoms with Crippen molar-refractivity contribution in [3.63, 3.8) is 0 Å². The number of nitrogens with zero attached hydrogens (tertiary/aromatic N) is 2. The van der Waals surface area contributed by atoms with E-state index in [9.17, 15) is 0 Å². The van der Waals surface area contributed by atoms with Crippen LogP contribution in [0.4, 0.5) is 0 Å². The van der Waals surface area contributed by atoms with Crippen molar-refractivity contribution in [2.24, 2.45) is 0 Å². The standard InChI is InChI=1S/C8H11BrN2/c9-8-10-5-6-11(8)7-3-1-2-4-7/h5-7H,1-4H2. The number of rotatable bonds is 1. The predicted molar refractivity (Wildman–Crippen MR) is 47.4 cm³/mol. The van der Waals surface area contributed by atoms with E-state index in [1.807, 2.05) is 6.20 Å². The van der Waals surface area contributed by atoms with Crippen LogP contribution in [-0.2, 0) is 0 Å². The van der Waals surface area contributed by atoms with E-state index < -0.39 is 0 Å². The van der Waals surface area contributed by atoms with Crippen LogP contribution >= 0.6 is 15.9 Å². The maximum absolute atomic E-state index is 4.14. The second-order valence-electron chi connectivity index (χ2n) is 3.04. The predicted octanol–water partition coefficient (Wildman–Crippen LogP) is 2.76. The molecule has 1 aromatic heterocycles. The molecule has 0 spiro atoms. The van der Waals surface area contributed by atoms with Crippen LogP contribution in [-0.4, -0.2) is 9.55 Å². The first-order chi connectivity index (χ1) is 5.38. The first kappa shape index (κ1) is 7.35. The van der Waals surface area contributed by atoms with E-state index in [0.29, 0.717) is 6.04 Å².